The number of aromatic nitrogens is 2. The number of aryl methyl sites for hydroxylation is 2. The number of anilines is 1. The Balaban J connectivity index is 1.61. The Bertz CT molecular complexity index is 636. The first-order valence-electron chi connectivity index (χ1n) is 6.93. The normalized spacial score (nSPS) is 10.3. The van der Waals surface area contributed by atoms with Crippen LogP contribution in [0.2, 0.25) is 0 Å². The van der Waals surface area contributed by atoms with Gasteiger partial charge in [-0.1, -0.05) is 6.07 Å². The van der Waals surface area contributed by atoms with E-state index in [9.17, 15) is 9.59 Å². The molecule has 3 N–H and O–H groups in total. The summed E-state index contributed by atoms with van der Waals surface area (Å²) in [6, 6.07) is 5.13. The van der Waals surface area contributed by atoms with Crippen LogP contribution in [0.3, 0.4) is 0 Å². The van der Waals surface area contributed by atoms with Crippen LogP contribution in [0.15, 0.2) is 23.6 Å². The molecular formula is C14H19N5O2S. The summed E-state index contributed by atoms with van der Waals surface area (Å²) in [5, 5.41) is 14.3. The third-order valence-corrected chi connectivity index (χ3v) is 3.78. The number of nitrogens with one attached hydrogen (secondary N) is 3. The maximum Gasteiger partial charge on any atom is 0.320 e. The molecule has 0 radical (unpaired) electrons. The minimum absolute atomic E-state index is 0.0789. The molecular weight excluding hydrogens is 302 g/mol. The van der Waals surface area contributed by atoms with Crippen molar-refractivity contribution in [3.05, 3.63) is 34.2 Å². The van der Waals surface area contributed by atoms with E-state index in [1.54, 1.807) is 23.9 Å². The fourth-order valence-electron chi connectivity index (χ4n) is 1.88. The lowest BCUT2D eigenvalue weighted by molar-refractivity contribution is 0.0957. The van der Waals surface area contributed by atoms with Gasteiger partial charge in [0.15, 0.2) is 0 Å². The fourth-order valence-corrected chi connectivity index (χ4v) is 2.52. The number of amides is 3. The van der Waals surface area contributed by atoms with Crippen molar-refractivity contribution in [2.24, 2.45) is 7.05 Å². The van der Waals surface area contributed by atoms with Crippen LogP contribution in [0.5, 0.6) is 0 Å². The van der Waals surface area contributed by atoms with Gasteiger partial charge in [0, 0.05) is 26.2 Å². The molecule has 3 amide bonds. The Morgan fingerprint density at radius 2 is 2.09 bits per heavy atom. The number of nitrogens with zero attached hydrogens (tertiary/aromatic N) is 2. The van der Waals surface area contributed by atoms with Crippen molar-refractivity contribution in [1.82, 2.24) is 20.4 Å². The van der Waals surface area contributed by atoms with Crippen LogP contribution in [0.4, 0.5) is 10.6 Å². The molecule has 0 aliphatic heterocycles. The number of hydrogen-bond donors (Lipinski definition) is 3. The molecule has 0 aliphatic rings. The van der Waals surface area contributed by atoms with Gasteiger partial charge in [-0.15, -0.1) is 11.3 Å². The zero-order valence-electron chi connectivity index (χ0n) is 12.5. The molecule has 2 aromatic rings. The van der Waals surface area contributed by atoms with Crippen molar-refractivity contribution >= 4 is 29.1 Å². The number of carbonyl (C=O) groups is 2. The highest BCUT2D eigenvalue weighted by Gasteiger charge is 2.07. The van der Waals surface area contributed by atoms with Crippen LogP contribution in [-0.2, 0) is 7.05 Å². The third-order valence-electron chi connectivity index (χ3n) is 2.91. The second-order valence-corrected chi connectivity index (χ2v) is 5.71. The monoisotopic (exact) mass is 321 g/mol. The molecule has 0 spiro atoms. The largest absolute Gasteiger partial charge is 0.351 e. The summed E-state index contributed by atoms with van der Waals surface area (Å²) in [6.45, 7) is 2.86. The summed E-state index contributed by atoms with van der Waals surface area (Å²) in [5.74, 6) is 0.561. The summed E-state index contributed by atoms with van der Waals surface area (Å²) in [6.07, 6.45) is 0.662. The summed E-state index contributed by atoms with van der Waals surface area (Å²) in [4.78, 5) is 24.1. The molecule has 0 saturated heterocycles. The molecule has 0 fully saturated rings. The van der Waals surface area contributed by atoms with E-state index < -0.39 is 0 Å². The molecule has 0 aliphatic carbocycles. The molecule has 7 nitrogen and oxygen atoms in total. The van der Waals surface area contributed by atoms with E-state index in [2.05, 4.69) is 21.0 Å². The minimum Gasteiger partial charge on any atom is -0.351 e. The van der Waals surface area contributed by atoms with Gasteiger partial charge in [0.05, 0.1) is 10.6 Å². The quantitative estimate of drug-likeness (QED) is 0.708. The first-order valence-corrected chi connectivity index (χ1v) is 7.81. The standard InChI is InChI=1S/C14H19N5O2S/c1-10-9-12(19(2)18-10)17-14(21)16-7-4-6-15-13(20)11-5-3-8-22-11/h3,5,8-9H,4,6-7H2,1-2H3,(H,15,20)(H2,16,17,21). The van der Waals surface area contributed by atoms with Crippen LogP contribution in [0, 0.1) is 6.92 Å². The Labute approximate surface area is 132 Å². The third kappa shape index (κ3) is 4.59. The van der Waals surface area contributed by atoms with Gasteiger partial charge in [0.25, 0.3) is 5.91 Å². The van der Waals surface area contributed by atoms with Gasteiger partial charge < -0.3 is 10.6 Å². The average molecular weight is 321 g/mol. The van der Waals surface area contributed by atoms with Gasteiger partial charge in [0.1, 0.15) is 5.82 Å². The lowest BCUT2D eigenvalue weighted by Gasteiger charge is -2.08. The van der Waals surface area contributed by atoms with Crippen LogP contribution < -0.4 is 16.0 Å². The first kappa shape index (κ1) is 16.0. The maximum absolute atomic E-state index is 11.7. The molecule has 0 aromatic carbocycles. The van der Waals surface area contributed by atoms with Gasteiger partial charge in [-0.25, -0.2) is 4.79 Å². The van der Waals surface area contributed by atoms with Crippen LogP contribution in [-0.4, -0.2) is 34.8 Å². The summed E-state index contributed by atoms with van der Waals surface area (Å²) >= 11 is 1.40. The van der Waals surface area contributed by atoms with E-state index >= 15 is 0 Å². The fraction of sp³-hybridized carbons (Fsp3) is 0.357. The number of thiophene rings is 1. The molecule has 2 aromatic heterocycles. The molecule has 2 rings (SSSR count). The molecule has 0 saturated carbocycles. The number of hydrogen-bond acceptors (Lipinski definition) is 4. The summed E-state index contributed by atoms with van der Waals surface area (Å²) in [5.41, 5.74) is 0.842. The number of urea groups is 1. The van der Waals surface area contributed by atoms with Crippen molar-refractivity contribution in [3.8, 4) is 0 Å². The smallest absolute Gasteiger partial charge is 0.320 e. The zero-order chi connectivity index (χ0) is 15.9. The zero-order valence-corrected chi connectivity index (χ0v) is 13.4. The molecule has 2 heterocycles. The molecule has 0 bridgehead atoms. The number of rotatable bonds is 6. The SMILES string of the molecule is Cc1cc(NC(=O)NCCCNC(=O)c2cccs2)n(C)n1. The highest BCUT2D eigenvalue weighted by Crippen LogP contribution is 2.08. The van der Waals surface area contributed by atoms with E-state index in [0.29, 0.717) is 30.2 Å². The van der Waals surface area contributed by atoms with Gasteiger partial charge >= 0.3 is 6.03 Å². The summed E-state index contributed by atoms with van der Waals surface area (Å²) < 4.78 is 1.61. The van der Waals surface area contributed by atoms with E-state index in [1.165, 1.54) is 11.3 Å². The van der Waals surface area contributed by atoms with Crippen LogP contribution >= 0.6 is 11.3 Å². The van der Waals surface area contributed by atoms with E-state index in [4.69, 9.17) is 0 Å². The van der Waals surface area contributed by atoms with Gasteiger partial charge in [-0.05, 0) is 24.8 Å². The van der Waals surface area contributed by atoms with E-state index in [0.717, 1.165) is 5.69 Å². The first-order chi connectivity index (χ1) is 10.6. The summed E-state index contributed by atoms with van der Waals surface area (Å²) in [7, 11) is 1.77. The lowest BCUT2D eigenvalue weighted by atomic mass is 10.4. The maximum atomic E-state index is 11.7. The second-order valence-electron chi connectivity index (χ2n) is 4.76. The molecule has 8 heteroatoms. The Hall–Kier alpha value is -2.35. The number of carbonyl (C=O) groups excluding carboxylic acids is 2. The van der Waals surface area contributed by atoms with Crippen LogP contribution in [0.25, 0.3) is 0 Å². The van der Waals surface area contributed by atoms with E-state index in [1.807, 2.05) is 18.4 Å². The van der Waals surface area contributed by atoms with Crippen molar-refractivity contribution in [1.29, 1.82) is 0 Å². The average Bonchev–Trinajstić information content (AvgIpc) is 3.09. The second kappa shape index (κ2) is 7.60. The Morgan fingerprint density at radius 3 is 2.73 bits per heavy atom. The highest BCUT2D eigenvalue weighted by atomic mass is 32.1. The molecule has 118 valence electrons. The van der Waals surface area contributed by atoms with E-state index in [-0.39, 0.29) is 11.9 Å². The lowest BCUT2D eigenvalue weighted by Crippen LogP contribution is -2.32. The Morgan fingerprint density at radius 1 is 1.32 bits per heavy atom. The van der Waals surface area contributed by atoms with Crippen molar-refractivity contribution in [3.63, 3.8) is 0 Å². The van der Waals surface area contributed by atoms with Crippen molar-refractivity contribution < 1.29 is 9.59 Å². The van der Waals surface area contributed by atoms with Crippen molar-refractivity contribution in [2.45, 2.75) is 13.3 Å². The topological polar surface area (TPSA) is 88.0 Å². The molecule has 22 heavy (non-hydrogen) atoms. The van der Waals surface area contributed by atoms with Gasteiger partial charge in [-0.2, -0.15) is 5.10 Å². The highest BCUT2D eigenvalue weighted by molar-refractivity contribution is 7.12. The van der Waals surface area contributed by atoms with Gasteiger partial charge in [0.2, 0.25) is 0 Å². The molecule has 0 unspecified atom stereocenters. The van der Waals surface area contributed by atoms with Gasteiger partial charge in [-0.3, -0.25) is 14.8 Å². The van der Waals surface area contributed by atoms with Crippen molar-refractivity contribution in [2.75, 3.05) is 18.4 Å². The van der Waals surface area contributed by atoms with Crippen LogP contribution in [0.1, 0.15) is 21.8 Å². The predicted molar refractivity (Wildman–Crippen MR) is 86.2 cm³/mol. The Kier molecular flexibility index (Phi) is 5.54. The minimum atomic E-state index is -0.285. The molecule has 0 atom stereocenters. The predicted octanol–water partition coefficient (Wildman–Crippen LogP) is 1.73.